The Hall–Kier alpha value is -2.02. The zero-order valence-corrected chi connectivity index (χ0v) is 12.8. The van der Waals surface area contributed by atoms with E-state index >= 15 is 0 Å². The highest BCUT2D eigenvalue weighted by molar-refractivity contribution is 8.00. The van der Waals surface area contributed by atoms with Gasteiger partial charge in [0, 0.05) is 10.5 Å². The minimum absolute atomic E-state index is 0.0261. The number of carbonyl (C=O) groups excluding carboxylic acids is 2. The van der Waals surface area contributed by atoms with Crippen LogP contribution in [0.3, 0.4) is 0 Å². The molecule has 2 amide bonds. The highest BCUT2D eigenvalue weighted by Crippen LogP contribution is 2.40. The van der Waals surface area contributed by atoms with Gasteiger partial charge in [-0.2, -0.15) is 0 Å². The number of thioether (sulfide) groups is 1. The van der Waals surface area contributed by atoms with Crippen LogP contribution in [-0.2, 0) is 9.59 Å². The van der Waals surface area contributed by atoms with Crippen LogP contribution in [-0.4, -0.2) is 34.2 Å². The van der Waals surface area contributed by atoms with Crippen LogP contribution in [0.4, 0.5) is 5.69 Å². The number of amides is 2. The van der Waals surface area contributed by atoms with Crippen molar-refractivity contribution in [3.63, 3.8) is 0 Å². The van der Waals surface area contributed by atoms with E-state index in [4.69, 9.17) is 0 Å². The van der Waals surface area contributed by atoms with Crippen LogP contribution in [0.25, 0.3) is 0 Å². The molecule has 0 radical (unpaired) electrons. The fourth-order valence-corrected chi connectivity index (χ4v) is 3.31. The van der Waals surface area contributed by atoms with Gasteiger partial charge in [0.15, 0.2) is 0 Å². The summed E-state index contributed by atoms with van der Waals surface area (Å²) in [6.45, 7) is 1.54. The van der Waals surface area contributed by atoms with Crippen molar-refractivity contribution in [3.05, 3.63) is 23.8 Å². The van der Waals surface area contributed by atoms with Crippen molar-refractivity contribution in [2.75, 3.05) is 11.1 Å². The van der Waals surface area contributed by atoms with E-state index in [1.54, 1.807) is 25.1 Å². The molecule has 0 saturated heterocycles. The molecule has 1 aromatic carbocycles. The summed E-state index contributed by atoms with van der Waals surface area (Å²) in [5.74, 6) is -1.24. The van der Waals surface area contributed by atoms with Crippen LogP contribution >= 0.6 is 11.8 Å². The number of rotatable bonds is 4. The normalized spacial score (nSPS) is 19.6. The van der Waals surface area contributed by atoms with Gasteiger partial charge in [0.05, 0.1) is 11.4 Å². The lowest BCUT2D eigenvalue weighted by Crippen LogP contribution is -2.54. The molecule has 3 rings (SSSR count). The molecule has 1 saturated carbocycles. The molecule has 0 unspecified atom stereocenters. The number of anilines is 1. The molecule has 1 aliphatic heterocycles. The van der Waals surface area contributed by atoms with Crippen molar-refractivity contribution < 1.29 is 19.5 Å². The molecule has 1 heterocycles. The number of fused-ring (bicyclic) bond motifs is 1. The Morgan fingerprint density at radius 1 is 1.41 bits per heavy atom. The van der Waals surface area contributed by atoms with Crippen LogP contribution in [0, 0.1) is 5.92 Å². The van der Waals surface area contributed by atoms with Crippen molar-refractivity contribution in [1.29, 1.82) is 0 Å². The summed E-state index contributed by atoms with van der Waals surface area (Å²) in [5.41, 5.74) is -0.308. The van der Waals surface area contributed by atoms with Gasteiger partial charge in [0.1, 0.15) is 5.54 Å². The van der Waals surface area contributed by atoms with Crippen LogP contribution < -0.4 is 10.6 Å². The zero-order chi connectivity index (χ0) is 15.9. The summed E-state index contributed by atoms with van der Waals surface area (Å²) < 4.78 is 0. The fourth-order valence-electron chi connectivity index (χ4n) is 2.52. The largest absolute Gasteiger partial charge is 0.480 e. The van der Waals surface area contributed by atoms with Crippen LogP contribution in [0.1, 0.15) is 30.1 Å². The number of carboxylic acid groups (broad SMARTS) is 1. The van der Waals surface area contributed by atoms with Crippen LogP contribution in [0.2, 0.25) is 0 Å². The van der Waals surface area contributed by atoms with Crippen molar-refractivity contribution in [1.82, 2.24) is 5.32 Å². The number of hydrogen-bond acceptors (Lipinski definition) is 4. The van der Waals surface area contributed by atoms with Crippen LogP contribution in [0.15, 0.2) is 23.1 Å². The molecular weight excluding hydrogens is 304 g/mol. The van der Waals surface area contributed by atoms with E-state index in [0.717, 1.165) is 17.7 Å². The molecule has 22 heavy (non-hydrogen) atoms. The second-order valence-electron chi connectivity index (χ2n) is 5.78. The molecule has 3 N–H and O–H groups in total. The van der Waals surface area contributed by atoms with E-state index in [0.29, 0.717) is 17.0 Å². The van der Waals surface area contributed by atoms with Crippen molar-refractivity contribution in [3.8, 4) is 0 Å². The molecule has 2 aliphatic rings. The van der Waals surface area contributed by atoms with Crippen LogP contribution in [0.5, 0.6) is 0 Å². The molecular formula is C15H16N2O4S. The van der Waals surface area contributed by atoms with E-state index in [1.165, 1.54) is 11.8 Å². The third-order valence-electron chi connectivity index (χ3n) is 4.09. The lowest BCUT2D eigenvalue weighted by molar-refractivity contribution is -0.144. The Kier molecular flexibility index (Phi) is 3.60. The lowest BCUT2D eigenvalue weighted by Gasteiger charge is -2.26. The molecule has 116 valence electrons. The third-order valence-corrected chi connectivity index (χ3v) is 5.16. The summed E-state index contributed by atoms with van der Waals surface area (Å²) in [6.07, 6.45) is 1.61. The van der Waals surface area contributed by atoms with Gasteiger partial charge >= 0.3 is 5.97 Å². The summed E-state index contributed by atoms with van der Waals surface area (Å²) in [5, 5.41) is 14.7. The predicted molar refractivity (Wildman–Crippen MR) is 82.0 cm³/mol. The minimum atomic E-state index is -1.25. The van der Waals surface area contributed by atoms with Crippen molar-refractivity contribution >= 4 is 35.2 Å². The SMILES string of the molecule is C[C@@](NC(=O)c1ccc2c(c1)NC(=O)CS2)(C(=O)O)C1CC1. The van der Waals surface area contributed by atoms with E-state index in [9.17, 15) is 19.5 Å². The third kappa shape index (κ3) is 2.68. The highest BCUT2D eigenvalue weighted by atomic mass is 32.2. The quantitative estimate of drug-likeness (QED) is 0.785. The standard InChI is InChI=1S/C15H16N2O4S/c1-15(14(20)21,9-3-4-9)17-13(19)8-2-5-11-10(6-8)16-12(18)7-22-11/h2,5-6,9H,3-4,7H2,1H3,(H,16,18)(H,17,19)(H,20,21)/t15-/m0/s1. The molecule has 0 spiro atoms. The predicted octanol–water partition coefficient (Wildman–Crippen LogP) is 1.71. The maximum Gasteiger partial charge on any atom is 0.329 e. The number of hydrogen-bond donors (Lipinski definition) is 3. The first-order chi connectivity index (χ1) is 10.4. The first-order valence-corrected chi connectivity index (χ1v) is 8.01. The van der Waals surface area contributed by atoms with Crippen molar-refractivity contribution in [2.45, 2.75) is 30.2 Å². The minimum Gasteiger partial charge on any atom is -0.480 e. The van der Waals surface area contributed by atoms with Gasteiger partial charge in [-0.1, -0.05) is 0 Å². The molecule has 1 fully saturated rings. The maximum atomic E-state index is 12.4. The Labute approximate surface area is 131 Å². The Balaban J connectivity index is 1.82. The first kappa shape index (κ1) is 14.9. The number of carbonyl (C=O) groups is 3. The lowest BCUT2D eigenvalue weighted by atomic mass is 9.95. The monoisotopic (exact) mass is 320 g/mol. The molecule has 1 aliphatic carbocycles. The number of carboxylic acids is 1. The molecule has 0 aromatic heterocycles. The summed E-state index contributed by atoms with van der Waals surface area (Å²) in [4.78, 5) is 36.2. The smallest absolute Gasteiger partial charge is 0.329 e. The average molecular weight is 320 g/mol. The Morgan fingerprint density at radius 3 is 2.77 bits per heavy atom. The highest BCUT2D eigenvalue weighted by Gasteiger charge is 2.48. The number of benzene rings is 1. The zero-order valence-electron chi connectivity index (χ0n) is 12.0. The average Bonchev–Trinajstić information content (AvgIpc) is 3.31. The Bertz CT molecular complexity index is 672. The van der Waals surface area contributed by atoms with E-state index in [1.807, 2.05) is 0 Å². The van der Waals surface area contributed by atoms with Gasteiger partial charge in [-0.3, -0.25) is 9.59 Å². The van der Waals surface area contributed by atoms with Gasteiger partial charge in [-0.05, 0) is 43.9 Å². The molecule has 0 bridgehead atoms. The van der Waals surface area contributed by atoms with Crippen molar-refractivity contribution in [2.24, 2.45) is 5.92 Å². The summed E-state index contributed by atoms with van der Waals surface area (Å²) in [7, 11) is 0. The summed E-state index contributed by atoms with van der Waals surface area (Å²) in [6, 6.07) is 5.00. The summed E-state index contributed by atoms with van der Waals surface area (Å²) >= 11 is 1.41. The fraction of sp³-hybridized carbons (Fsp3) is 0.400. The Morgan fingerprint density at radius 2 is 2.14 bits per heavy atom. The van der Waals surface area contributed by atoms with Gasteiger partial charge in [0.25, 0.3) is 5.91 Å². The second kappa shape index (κ2) is 5.31. The van der Waals surface area contributed by atoms with E-state index in [2.05, 4.69) is 10.6 Å². The van der Waals surface area contributed by atoms with Gasteiger partial charge < -0.3 is 15.7 Å². The second-order valence-corrected chi connectivity index (χ2v) is 6.80. The molecule has 1 aromatic rings. The van der Waals surface area contributed by atoms with Gasteiger partial charge in [-0.15, -0.1) is 11.8 Å². The number of nitrogens with one attached hydrogen (secondary N) is 2. The first-order valence-electron chi connectivity index (χ1n) is 7.03. The molecule has 7 heteroatoms. The van der Waals surface area contributed by atoms with Gasteiger partial charge in [0.2, 0.25) is 5.91 Å². The number of aliphatic carboxylic acids is 1. The topological polar surface area (TPSA) is 95.5 Å². The molecule has 1 atom stereocenters. The van der Waals surface area contributed by atoms with Gasteiger partial charge in [-0.25, -0.2) is 4.79 Å². The van der Waals surface area contributed by atoms with E-state index in [-0.39, 0.29) is 11.8 Å². The maximum absolute atomic E-state index is 12.4. The molecule has 6 nitrogen and oxygen atoms in total. The van der Waals surface area contributed by atoms with E-state index < -0.39 is 17.4 Å².